The molecule has 112 valence electrons. The lowest BCUT2D eigenvalue weighted by Gasteiger charge is -2.39. The lowest BCUT2D eigenvalue weighted by Crippen LogP contribution is -2.40. The molecule has 0 aliphatic carbocycles. The molecular formula is C16H28N4. The normalized spacial score (nSPS) is 18.4. The smallest absolute Gasteiger partial charge is 0.135 e. The Morgan fingerprint density at radius 3 is 2.70 bits per heavy atom. The van der Waals surface area contributed by atoms with Crippen molar-refractivity contribution in [2.75, 3.05) is 29.9 Å². The Hall–Kier alpha value is -1.32. The minimum Gasteiger partial charge on any atom is -0.370 e. The quantitative estimate of drug-likeness (QED) is 0.911. The van der Waals surface area contributed by atoms with E-state index >= 15 is 0 Å². The molecule has 1 aromatic rings. The van der Waals surface area contributed by atoms with E-state index in [1.54, 1.807) is 0 Å². The van der Waals surface area contributed by atoms with Crippen molar-refractivity contribution >= 4 is 11.6 Å². The fraction of sp³-hybridized carbons (Fsp3) is 0.750. The molecule has 0 aromatic carbocycles. The second-order valence-corrected chi connectivity index (χ2v) is 6.84. The van der Waals surface area contributed by atoms with Gasteiger partial charge in [-0.25, -0.2) is 9.97 Å². The molecule has 0 saturated carbocycles. The third-order valence-electron chi connectivity index (χ3n) is 3.83. The van der Waals surface area contributed by atoms with Gasteiger partial charge in [-0.3, -0.25) is 0 Å². The van der Waals surface area contributed by atoms with Crippen LogP contribution in [0.2, 0.25) is 0 Å². The molecule has 1 aromatic heterocycles. The highest BCUT2D eigenvalue weighted by Crippen LogP contribution is 2.31. The van der Waals surface area contributed by atoms with Crippen molar-refractivity contribution < 1.29 is 0 Å². The number of anilines is 2. The molecule has 4 heteroatoms. The number of aromatic nitrogens is 2. The molecule has 1 saturated heterocycles. The van der Waals surface area contributed by atoms with Crippen molar-refractivity contribution in [2.45, 2.75) is 53.4 Å². The summed E-state index contributed by atoms with van der Waals surface area (Å²) in [5.74, 6) is 3.31. The number of hydrogen-bond donors (Lipinski definition) is 1. The molecule has 0 spiro atoms. The first-order valence-electron chi connectivity index (χ1n) is 7.79. The van der Waals surface area contributed by atoms with Gasteiger partial charge in [-0.05, 0) is 25.2 Å². The summed E-state index contributed by atoms with van der Waals surface area (Å²) in [4.78, 5) is 11.8. The van der Waals surface area contributed by atoms with Gasteiger partial charge >= 0.3 is 0 Å². The summed E-state index contributed by atoms with van der Waals surface area (Å²) >= 11 is 0. The Bertz CT molecular complexity index is 454. The van der Waals surface area contributed by atoms with Gasteiger partial charge in [0.15, 0.2) is 0 Å². The lowest BCUT2D eigenvalue weighted by molar-refractivity contribution is 0.292. The van der Waals surface area contributed by atoms with Crippen molar-refractivity contribution in [2.24, 2.45) is 5.41 Å². The maximum absolute atomic E-state index is 4.78. The number of hydrogen-bond acceptors (Lipinski definition) is 4. The number of nitrogens with zero attached hydrogens (tertiary/aromatic N) is 3. The second kappa shape index (κ2) is 5.98. The van der Waals surface area contributed by atoms with Crippen LogP contribution in [0.1, 0.15) is 59.2 Å². The van der Waals surface area contributed by atoms with Crippen LogP contribution in [0, 0.1) is 5.41 Å². The van der Waals surface area contributed by atoms with E-state index in [9.17, 15) is 0 Å². The Balaban J connectivity index is 2.29. The summed E-state index contributed by atoms with van der Waals surface area (Å²) in [6, 6.07) is 2.09. The van der Waals surface area contributed by atoms with Gasteiger partial charge in [0.2, 0.25) is 0 Å². The highest BCUT2D eigenvalue weighted by atomic mass is 15.2. The SMILES string of the molecule is CCNc1cc(N2CCCC(C)(C)C2)nc(C(C)C)n1. The van der Waals surface area contributed by atoms with Gasteiger partial charge in [-0.2, -0.15) is 0 Å². The van der Waals surface area contributed by atoms with E-state index in [-0.39, 0.29) is 0 Å². The van der Waals surface area contributed by atoms with Gasteiger partial charge in [0, 0.05) is 31.6 Å². The number of nitrogens with one attached hydrogen (secondary N) is 1. The molecule has 4 nitrogen and oxygen atoms in total. The first-order chi connectivity index (χ1) is 9.41. The van der Waals surface area contributed by atoms with Gasteiger partial charge in [0.25, 0.3) is 0 Å². The third-order valence-corrected chi connectivity index (χ3v) is 3.83. The molecule has 0 bridgehead atoms. The minimum absolute atomic E-state index is 0.352. The Kier molecular flexibility index (Phi) is 4.51. The van der Waals surface area contributed by atoms with Gasteiger partial charge < -0.3 is 10.2 Å². The zero-order valence-electron chi connectivity index (χ0n) is 13.5. The zero-order chi connectivity index (χ0) is 14.8. The summed E-state index contributed by atoms with van der Waals surface area (Å²) in [7, 11) is 0. The number of rotatable bonds is 4. The highest BCUT2D eigenvalue weighted by Gasteiger charge is 2.27. The summed E-state index contributed by atoms with van der Waals surface area (Å²) in [6.45, 7) is 14.1. The van der Waals surface area contributed by atoms with Crippen LogP contribution >= 0.6 is 0 Å². The standard InChI is InChI=1S/C16H28N4/c1-6-17-13-10-14(19-15(18-13)12(2)3)20-9-7-8-16(4,5)11-20/h10,12H,6-9,11H2,1-5H3,(H,17,18,19). The monoisotopic (exact) mass is 276 g/mol. The molecule has 0 unspecified atom stereocenters. The van der Waals surface area contributed by atoms with Crippen LogP contribution < -0.4 is 10.2 Å². The molecule has 2 rings (SSSR count). The van der Waals surface area contributed by atoms with Crippen LogP contribution in [0.5, 0.6) is 0 Å². The van der Waals surface area contributed by atoms with Crippen LogP contribution in [0.15, 0.2) is 6.07 Å². The Morgan fingerprint density at radius 1 is 1.35 bits per heavy atom. The lowest BCUT2D eigenvalue weighted by atomic mass is 9.84. The number of piperidine rings is 1. The van der Waals surface area contributed by atoms with Gasteiger partial charge in [-0.1, -0.05) is 27.7 Å². The maximum atomic E-state index is 4.78. The van der Waals surface area contributed by atoms with Crippen LogP contribution in [-0.4, -0.2) is 29.6 Å². The molecule has 20 heavy (non-hydrogen) atoms. The Labute approximate surface area is 123 Å². The summed E-state index contributed by atoms with van der Waals surface area (Å²) in [6.07, 6.45) is 2.54. The van der Waals surface area contributed by atoms with Crippen molar-refractivity contribution in [1.82, 2.24) is 9.97 Å². The van der Waals surface area contributed by atoms with E-state index < -0.39 is 0 Å². The maximum Gasteiger partial charge on any atom is 0.135 e. The Morgan fingerprint density at radius 2 is 2.10 bits per heavy atom. The average molecular weight is 276 g/mol. The van der Waals surface area contributed by atoms with Crippen LogP contribution in [-0.2, 0) is 0 Å². The summed E-state index contributed by atoms with van der Waals surface area (Å²) in [5.41, 5.74) is 0.375. The second-order valence-electron chi connectivity index (χ2n) is 6.84. The molecular weight excluding hydrogens is 248 g/mol. The molecule has 1 fully saturated rings. The first kappa shape index (κ1) is 15.1. The van der Waals surface area contributed by atoms with Crippen LogP contribution in [0.4, 0.5) is 11.6 Å². The molecule has 2 heterocycles. The van der Waals surface area contributed by atoms with Crippen molar-refractivity contribution in [3.8, 4) is 0 Å². The summed E-state index contributed by atoms with van der Waals surface area (Å²) < 4.78 is 0. The van der Waals surface area contributed by atoms with Crippen molar-refractivity contribution in [1.29, 1.82) is 0 Å². The van der Waals surface area contributed by atoms with E-state index in [0.29, 0.717) is 11.3 Å². The van der Waals surface area contributed by atoms with Crippen molar-refractivity contribution in [3.63, 3.8) is 0 Å². The molecule has 0 radical (unpaired) electrons. The van der Waals surface area contributed by atoms with E-state index in [2.05, 4.69) is 55.9 Å². The van der Waals surface area contributed by atoms with Gasteiger partial charge in [0.05, 0.1) is 0 Å². The first-order valence-corrected chi connectivity index (χ1v) is 7.79. The van der Waals surface area contributed by atoms with Gasteiger partial charge in [-0.15, -0.1) is 0 Å². The fourth-order valence-corrected chi connectivity index (χ4v) is 2.76. The minimum atomic E-state index is 0.352. The van der Waals surface area contributed by atoms with Gasteiger partial charge in [0.1, 0.15) is 17.5 Å². The topological polar surface area (TPSA) is 41.0 Å². The van der Waals surface area contributed by atoms with Crippen molar-refractivity contribution in [3.05, 3.63) is 11.9 Å². The molecule has 1 aliphatic rings. The van der Waals surface area contributed by atoms with Crippen LogP contribution in [0.3, 0.4) is 0 Å². The van der Waals surface area contributed by atoms with E-state index in [1.807, 2.05) is 0 Å². The average Bonchev–Trinajstić information content (AvgIpc) is 2.37. The fourth-order valence-electron chi connectivity index (χ4n) is 2.76. The molecule has 0 atom stereocenters. The molecule has 1 aliphatic heterocycles. The zero-order valence-corrected chi connectivity index (χ0v) is 13.5. The van der Waals surface area contributed by atoms with E-state index in [0.717, 1.165) is 37.1 Å². The predicted molar refractivity (Wildman–Crippen MR) is 85.5 cm³/mol. The predicted octanol–water partition coefficient (Wildman–Crippen LogP) is 3.66. The largest absolute Gasteiger partial charge is 0.370 e. The highest BCUT2D eigenvalue weighted by molar-refractivity contribution is 5.50. The van der Waals surface area contributed by atoms with Crippen LogP contribution in [0.25, 0.3) is 0 Å². The molecule has 1 N–H and O–H groups in total. The molecule has 0 amide bonds. The summed E-state index contributed by atoms with van der Waals surface area (Å²) in [5, 5.41) is 3.33. The van der Waals surface area contributed by atoms with E-state index in [4.69, 9.17) is 4.98 Å². The van der Waals surface area contributed by atoms with E-state index in [1.165, 1.54) is 12.8 Å². The third kappa shape index (κ3) is 3.62.